The molecule has 1 aliphatic heterocycles. The van der Waals surface area contributed by atoms with Gasteiger partial charge in [0.1, 0.15) is 0 Å². The molecular weight excluding hydrogens is 138 g/mol. The van der Waals surface area contributed by atoms with Crippen LogP contribution in [-0.4, -0.2) is 25.7 Å². The van der Waals surface area contributed by atoms with Gasteiger partial charge in [0.15, 0.2) is 0 Å². The molecule has 0 bridgehead atoms. The zero-order valence-corrected chi connectivity index (χ0v) is 6.77. The minimum absolute atomic E-state index is 0.595. The highest BCUT2D eigenvalue weighted by atomic mass is 15.0. The first kappa shape index (κ1) is 8.51. The van der Waals surface area contributed by atoms with Crippen LogP contribution in [0.1, 0.15) is 19.3 Å². The van der Waals surface area contributed by atoms with Crippen molar-refractivity contribution in [3.63, 3.8) is 0 Å². The summed E-state index contributed by atoms with van der Waals surface area (Å²) in [5.41, 5.74) is 0. The fraction of sp³-hybridized carbons (Fsp3) is 0.875. The van der Waals surface area contributed by atoms with Gasteiger partial charge in [-0.25, -0.2) is 0 Å². The van der Waals surface area contributed by atoms with E-state index in [1.807, 2.05) is 0 Å². The highest BCUT2D eigenvalue weighted by molar-refractivity contribution is 4.77. The molecule has 0 radical (unpaired) electrons. The van der Waals surface area contributed by atoms with E-state index in [1.54, 1.807) is 0 Å². The maximum absolute atomic E-state index is 8.29. The fourth-order valence-corrected chi connectivity index (χ4v) is 1.36. The highest BCUT2D eigenvalue weighted by Gasteiger charge is 2.10. The first-order valence-electron chi connectivity index (χ1n) is 4.24. The second-order valence-electron chi connectivity index (χ2n) is 2.91. The SMILES string of the molecule is N#CCCNC1CCCNC1. The molecule has 1 atom stereocenters. The van der Waals surface area contributed by atoms with E-state index in [2.05, 4.69) is 16.7 Å². The Labute approximate surface area is 67.8 Å². The maximum atomic E-state index is 8.29. The van der Waals surface area contributed by atoms with Crippen LogP contribution in [0, 0.1) is 11.3 Å². The van der Waals surface area contributed by atoms with Gasteiger partial charge in [-0.05, 0) is 19.4 Å². The zero-order valence-electron chi connectivity index (χ0n) is 6.77. The van der Waals surface area contributed by atoms with Crippen molar-refractivity contribution in [2.45, 2.75) is 25.3 Å². The summed E-state index contributed by atoms with van der Waals surface area (Å²) in [7, 11) is 0. The number of hydrogen-bond donors (Lipinski definition) is 2. The summed E-state index contributed by atoms with van der Waals surface area (Å²) < 4.78 is 0. The number of piperidine rings is 1. The van der Waals surface area contributed by atoms with Crippen molar-refractivity contribution >= 4 is 0 Å². The van der Waals surface area contributed by atoms with Crippen molar-refractivity contribution < 1.29 is 0 Å². The van der Waals surface area contributed by atoms with Crippen LogP contribution in [0.4, 0.5) is 0 Å². The van der Waals surface area contributed by atoms with E-state index >= 15 is 0 Å². The number of hydrogen-bond acceptors (Lipinski definition) is 3. The minimum atomic E-state index is 0.595. The topological polar surface area (TPSA) is 47.9 Å². The van der Waals surface area contributed by atoms with Crippen LogP contribution < -0.4 is 10.6 Å². The Hall–Kier alpha value is -0.590. The lowest BCUT2D eigenvalue weighted by molar-refractivity contribution is 0.393. The van der Waals surface area contributed by atoms with Crippen LogP contribution in [0.2, 0.25) is 0 Å². The standard InChI is InChI=1S/C8H15N3/c9-4-2-6-11-8-3-1-5-10-7-8/h8,10-11H,1-3,5-7H2. The molecule has 0 saturated carbocycles. The first-order valence-corrected chi connectivity index (χ1v) is 4.24. The monoisotopic (exact) mass is 153 g/mol. The zero-order chi connectivity index (χ0) is 7.94. The molecular formula is C8H15N3. The van der Waals surface area contributed by atoms with Crippen LogP contribution in [-0.2, 0) is 0 Å². The van der Waals surface area contributed by atoms with Gasteiger partial charge in [-0.2, -0.15) is 5.26 Å². The van der Waals surface area contributed by atoms with Crippen molar-refractivity contribution in [3.05, 3.63) is 0 Å². The Morgan fingerprint density at radius 3 is 3.18 bits per heavy atom. The fourth-order valence-electron chi connectivity index (χ4n) is 1.36. The number of nitriles is 1. The van der Waals surface area contributed by atoms with Gasteiger partial charge in [0.25, 0.3) is 0 Å². The average molecular weight is 153 g/mol. The highest BCUT2D eigenvalue weighted by Crippen LogP contribution is 2.00. The molecule has 0 aromatic rings. The summed E-state index contributed by atoms with van der Waals surface area (Å²) in [4.78, 5) is 0. The molecule has 1 fully saturated rings. The first-order chi connectivity index (χ1) is 5.43. The Kier molecular flexibility index (Phi) is 3.95. The molecule has 0 aliphatic carbocycles. The second kappa shape index (κ2) is 5.11. The molecule has 1 rings (SSSR count). The third-order valence-electron chi connectivity index (χ3n) is 1.97. The molecule has 11 heavy (non-hydrogen) atoms. The van der Waals surface area contributed by atoms with Crippen LogP contribution in [0.5, 0.6) is 0 Å². The molecule has 0 amide bonds. The molecule has 1 unspecified atom stereocenters. The summed E-state index contributed by atoms with van der Waals surface area (Å²) in [6.45, 7) is 3.05. The van der Waals surface area contributed by atoms with Crippen LogP contribution in [0.25, 0.3) is 0 Å². The number of nitrogens with zero attached hydrogens (tertiary/aromatic N) is 1. The van der Waals surface area contributed by atoms with Crippen molar-refractivity contribution in [1.29, 1.82) is 5.26 Å². The van der Waals surface area contributed by atoms with Gasteiger partial charge in [0, 0.05) is 25.6 Å². The smallest absolute Gasteiger partial charge is 0.0635 e. The lowest BCUT2D eigenvalue weighted by atomic mass is 10.1. The summed E-state index contributed by atoms with van der Waals surface area (Å²) >= 11 is 0. The second-order valence-corrected chi connectivity index (χ2v) is 2.91. The Morgan fingerprint density at radius 1 is 1.64 bits per heavy atom. The third kappa shape index (κ3) is 3.35. The molecule has 1 saturated heterocycles. The molecule has 1 aliphatic rings. The third-order valence-corrected chi connectivity index (χ3v) is 1.97. The van der Waals surface area contributed by atoms with Crippen molar-refractivity contribution in [2.24, 2.45) is 0 Å². The van der Waals surface area contributed by atoms with Crippen molar-refractivity contribution in [3.8, 4) is 6.07 Å². The van der Waals surface area contributed by atoms with E-state index in [-0.39, 0.29) is 0 Å². The molecule has 0 spiro atoms. The van der Waals surface area contributed by atoms with Gasteiger partial charge in [-0.1, -0.05) is 0 Å². The van der Waals surface area contributed by atoms with E-state index in [1.165, 1.54) is 12.8 Å². The quantitative estimate of drug-likeness (QED) is 0.571. The van der Waals surface area contributed by atoms with Crippen LogP contribution >= 0.6 is 0 Å². The van der Waals surface area contributed by atoms with E-state index in [9.17, 15) is 0 Å². The molecule has 2 N–H and O–H groups in total. The molecule has 0 aromatic heterocycles. The summed E-state index contributed by atoms with van der Waals surface area (Å²) in [6.07, 6.45) is 3.12. The minimum Gasteiger partial charge on any atom is -0.315 e. The van der Waals surface area contributed by atoms with E-state index in [0.717, 1.165) is 19.6 Å². The average Bonchev–Trinajstić information content (AvgIpc) is 2.07. The molecule has 0 aromatic carbocycles. The van der Waals surface area contributed by atoms with Crippen molar-refractivity contribution in [2.75, 3.05) is 19.6 Å². The van der Waals surface area contributed by atoms with Gasteiger partial charge < -0.3 is 10.6 Å². The van der Waals surface area contributed by atoms with Gasteiger partial charge in [0.05, 0.1) is 6.07 Å². The summed E-state index contributed by atoms with van der Waals surface area (Å²) in [5, 5.41) is 14.9. The number of rotatable bonds is 3. The Balaban J connectivity index is 2.01. The van der Waals surface area contributed by atoms with Gasteiger partial charge in [-0.3, -0.25) is 0 Å². The molecule has 1 heterocycles. The lowest BCUT2D eigenvalue weighted by Gasteiger charge is -2.23. The number of nitrogens with one attached hydrogen (secondary N) is 2. The lowest BCUT2D eigenvalue weighted by Crippen LogP contribution is -2.43. The molecule has 3 heteroatoms. The van der Waals surface area contributed by atoms with E-state index in [4.69, 9.17) is 5.26 Å². The van der Waals surface area contributed by atoms with Crippen LogP contribution in [0.3, 0.4) is 0 Å². The maximum Gasteiger partial charge on any atom is 0.0635 e. The predicted molar refractivity (Wildman–Crippen MR) is 44.1 cm³/mol. The van der Waals surface area contributed by atoms with Crippen molar-refractivity contribution in [1.82, 2.24) is 10.6 Å². The Morgan fingerprint density at radius 2 is 2.55 bits per heavy atom. The normalized spacial score (nSPS) is 24.5. The predicted octanol–water partition coefficient (Wildman–Crippen LogP) is 0.242. The van der Waals surface area contributed by atoms with Gasteiger partial charge in [0.2, 0.25) is 0 Å². The van der Waals surface area contributed by atoms with Gasteiger partial charge >= 0.3 is 0 Å². The van der Waals surface area contributed by atoms with Crippen LogP contribution in [0.15, 0.2) is 0 Å². The Bertz CT molecular complexity index is 133. The molecule has 62 valence electrons. The van der Waals surface area contributed by atoms with E-state index in [0.29, 0.717) is 12.5 Å². The summed E-state index contributed by atoms with van der Waals surface area (Å²) in [6, 6.07) is 2.72. The largest absolute Gasteiger partial charge is 0.315 e. The molecule has 3 nitrogen and oxygen atoms in total. The van der Waals surface area contributed by atoms with E-state index < -0.39 is 0 Å². The van der Waals surface area contributed by atoms with Gasteiger partial charge in [-0.15, -0.1) is 0 Å². The summed E-state index contributed by atoms with van der Waals surface area (Å²) in [5.74, 6) is 0.